The summed E-state index contributed by atoms with van der Waals surface area (Å²) >= 11 is 0. The average molecular weight is 290 g/mol. The molecule has 0 N–H and O–H groups in total. The number of carbonyl (C=O) groups excluding carboxylic acids is 1. The second-order valence-electron chi connectivity index (χ2n) is 5.07. The van der Waals surface area contributed by atoms with E-state index in [1.165, 1.54) is 32.8 Å². The van der Waals surface area contributed by atoms with Gasteiger partial charge in [-0.1, -0.05) is 62.7 Å². The molecule has 0 heterocycles. The standard InChI is InChI=1S/C19H30O2/c1-3-4-5-6-7-8-9-10-11-12-13-14-15-16-17-18-19(20)21-2/h5-6,10-11H,3-4,9,12-18H2,1-2H3/b6-5+,11-10-. The van der Waals surface area contributed by atoms with Crippen molar-refractivity contribution in [2.24, 2.45) is 0 Å². The van der Waals surface area contributed by atoms with E-state index in [1.54, 1.807) is 0 Å². The fraction of sp³-hybridized carbons (Fsp3) is 0.632. The number of unbranched alkanes of at least 4 members (excludes halogenated alkanes) is 6. The molecule has 0 aromatic carbocycles. The van der Waals surface area contributed by atoms with Crippen LogP contribution in [0.1, 0.15) is 71.1 Å². The Morgan fingerprint density at radius 1 is 1.00 bits per heavy atom. The van der Waals surface area contributed by atoms with Crippen LogP contribution in [0, 0.1) is 11.8 Å². The first-order valence-electron chi connectivity index (χ1n) is 8.16. The zero-order valence-corrected chi connectivity index (χ0v) is 13.7. The predicted octanol–water partition coefficient (Wildman–Crippen LogP) is 5.20. The number of hydrogen-bond donors (Lipinski definition) is 0. The van der Waals surface area contributed by atoms with Gasteiger partial charge in [-0.25, -0.2) is 0 Å². The third kappa shape index (κ3) is 16.5. The first-order chi connectivity index (χ1) is 10.3. The van der Waals surface area contributed by atoms with E-state index in [2.05, 4.69) is 41.7 Å². The van der Waals surface area contributed by atoms with Crippen LogP contribution in [0.5, 0.6) is 0 Å². The molecular formula is C19H30O2. The quantitative estimate of drug-likeness (QED) is 0.226. The van der Waals surface area contributed by atoms with Gasteiger partial charge in [0.25, 0.3) is 0 Å². The minimum Gasteiger partial charge on any atom is -0.469 e. The summed E-state index contributed by atoms with van der Waals surface area (Å²) in [6.45, 7) is 2.17. The van der Waals surface area contributed by atoms with E-state index in [1.807, 2.05) is 6.08 Å². The van der Waals surface area contributed by atoms with Crippen molar-refractivity contribution in [3.05, 3.63) is 24.3 Å². The third-order valence-electron chi connectivity index (χ3n) is 3.12. The maximum Gasteiger partial charge on any atom is 0.305 e. The van der Waals surface area contributed by atoms with Crippen molar-refractivity contribution in [2.45, 2.75) is 71.1 Å². The molecule has 0 aliphatic carbocycles. The van der Waals surface area contributed by atoms with Crippen LogP contribution in [-0.4, -0.2) is 13.1 Å². The van der Waals surface area contributed by atoms with Crippen molar-refractivity contribution in [1.82, 2.24) is 0 Å². The molecule has 0 saturated carbocycles. The zero-order valence-electron chi connectivity index (χ0n) is 13.7. The summed E-state index contributed by atoms with van der Waals surface area (Å²) in [6, 6.07) is 0. The molecule has 0 unspecified atom stereocenters. The van der Waals surface area contributed by atoms with Gasteiger partial charge in [-0.2, -0.15) is 0 Å². The molecule has 0 aromatic heterocycles. The fourth-order valence-electron chi connectivity index (χ4n) is 1.85. The molecule has 0 atom stereocenters. The van der Waals surface area contributed by atoms with E-state index in [0.717, 1.165) is 32.1 Å². The lowest BCUT2D eigenvalue weighted by atomic mass is 10.1. The lowest BCUT2D eigenvalue weighted by Crippen LogP contribution is -1.98. The number of methoxy groups -OCH3 is 1. The van der Waals surface area contributed by atoms with Gasteiger partial charge in [-0.15, -0.1) is 0 Å². The largest absolute Gasteiger partial charge is 0.469 e. The maximum absolute atomic E-state index is 10.9. The van der Waals surface area contributed by atoms with Crippen LogP contribution < -0.4 is 0 Å². The van der Waals surface area contributed by atoms with E-state index >= 15 is 0 Å². The smallest absolute Gasteiger partial charge is 0.305 e. The van der Waals surface area contributed by atoms with E-state index in [4.69, 9.17) is 0 Å². The predicted molar refractivity (Wildman–Crippen MR) is 89.9 cm³/mol. The lowest BCUT2D eigenvalue weighted by molar-refractivity contribution is -0.140. The van der Waals surface area contributed by atoms with Crippen molar-refractivity contribution >= 4 is 5.97 Å². The van der Waals surface area contributed by atoms with Crippen LogP contribution in [-0.2, 0) is 9.53 Å². The molecule has 2 heteroatoms. The zero-order chi connectivity index (χ0) is 15.6. The van der Waals surface area contributed by atoms with Crippen LogP contribution in [0.3, 0.4) is 0 Å². The van der Waals surface area contributed by atoms with Gasteiger partial charge in [-0.3, -0.25) is 4.79 Å². The molecule has 118 valence electrons. The Balaban J connectivity index is 3.31. The van der Waals surface area contributed by atoms with Gasteiger partial charge in [-0.05, 0) is 31.8 Å². The molecule has 0 aromatic rings. The first-order valence-corrected chi connectivity index (χ1v) is 8.16. The van der Waals surface area contributed by atoms with E-state index < -0.39 is 0 Å². The number of allylic oxidation sites excluding steroid dienone is 4. The number of carbonyl (C=O) groups is 1. The van der Waals surface area contributed by atoms with Crippen molar-refractivity contribution < 1.29 is 9.53 Å². The highest BCUT2D eigenvalue weighted by Crippen LogP contribution is 2.08. The second-order valence-corrected chi connectivity index (χ2v) is 5.07. The van der Waals surface area contributed by atoms with Crippen LogP contribution in [0.15, 0.2) is 24.3 Å². The van der Waals surface area contributed by atoms with E-state index in [0.29, 0.717) is 6.42 Å². The molecule has 0 bridgehead atoms. The van der Waals surface area contributed by atoms with Gasteiger partial charge in [0.1, 0.15) is 0 Å². The summed E-state index contributed by atoms with van der Waals surface area (Å²) < 4.78 is 4.61. The Morgan fingerprint density at radius 2 is 1.76 bits per heavy atom. The summed E-state index contributed by atoms with van der Waals surface area (Å²) in [6.07, 6.45) is 19.0. The van der Waals surface area contributed by atoms with Gasteiger partial charge in [0.05, 0.1) is 7.11 Å². The van der Waals surface area contributed by atoms with Gasteiger partial charge in [0.15, 0.2) is 0 Å². The number of hydrogen-bond acceptors (Lipinski definition) is 2. The summed E-state index contributed by atoms with van der Waals surface area (Å²) in [7, 11) is 1.44. The molecule has 0 aliphatic rings. The van der Waals surface area contributed by atoms with Gasteiger partial charge >= 0.3 is 5.97 Å². The first kappa shape index (κ1) is 19.5. The van der Waals surface area contributed by atoms with Crippen molar-refractivity contribution in [2.75, 3.05) is 7.11 Å². The molecule has 0 aliphatic heterocycles. The van der Waals surface area contributed by atoms with Crippen LogP contribution in [0.25, 0.3) is 0 Å². The second kappa shape index (κ2) is 16.6. The van der Waals surface area contributed by atoms with E-state index in [9.17, 15) is 4.79 Å². The lowest BCUT2D eigenvalue weighted by Gasteiger charge is -1.99. The maximum atomic E-state index is 10.9. The SMILES string of the molecule is CCC/C=C/C#CC/C=C\CCCCCCCC(=O)OC. The minimum atomic E-state index is -0.0939. The molecule has 0 saturated heterocycles. The Morgan fingerprint density at radius 3 is 2.52 bits per heavy atom. The Hall–Kier alpha value is -1.49. The minimum absolute atomic E-state index is 0.0939. The van der Waals surface area contributed by atoms with E-state index in [-0.39, 0.29) is 5.97 Å². The number of ether oxygens (including phenoxy) is 1. The van der Waals surface area contributed by atoms with Crippen molar-refractivity contribution in [3.63, 3.8) is 0 Å². The molecule has 0 rings (SSSR count). The number of esters is 1. The molecule has 0 fully saturated rings. The van der Waals surface area contributed by atoms with Gasteiger partial charge in [0, 0.05) is 12.8 Å². The molecule has 0 spiro atoms. The number of rotatable bonds is 11. The highest BCUT2D eigenvalue weighted by molar-refractivity contribution is 5.68. The molecular weight excluding hydrogens is 260 g/mol. The van der Waals surface area contributed by atoms with Gasteiger partial charge in [0.2, 0.25) is 0 Å². The van der Waals surface area contributed by atoms with Crippen LogP contribution >= 0.6 is 0 Å². The summed E-state index contributed by atoms with van der Waals surface area (Å²) in [5.74, 6) is 6.06. The Labute approximate surface area is 130 Å². The van der Waals surface area contributed by atoms with Crippen LogP contribution in [0.2, 0.25) is 0 Å². The third-order valence-corrected chi connectivity index (χ3v) is 3.12. The average Bonchev–Trinajstić information content (AvgIpc) is 2.50. The van der Waals surface area contributed by atoms with Crippen molar-refractivity contribution in [1.29, 1.82) is 0 Å². The molecule has 0 radical (unpaired) electrons. The summed E-state index contributed by atoms with van der Waals surface area (Å²) in [5.41, 5.74) is 0. The molecule has 21 heavy (non-hydrogen) atoms. The van der Waals surface area contributed by atoms with Gasteiger partial charge < -0.3 is 4.74 Å². The fourth-order valence-corrected chi connectivity index (χ4v) is 1.85. The molecule has 0 amide bonds. The van der Waals surface area contributed by atoms with Crippen molar-refractivity contribution in [3.8, 4) is 11.8 Å². The monoisotopic (exact) mass is 290 g/mol. The topological polar surface area (TPSA) is 26.3 Å². The highest BCUT2D eigenvalue weighted by Gasteiger charge is 1.98. The Bertz CT molecular complexity index is 355. The Kier molecular flexibility index (Phi) is 15.4. The summed E-state index contributed by atoms with van der Waals surface area (Å²) in [4.78, 5) is 10.9. The highest BCUT2D eigenvalue weighted by atomic mass is 16.5. The molecule has 2 nitrogen and oxygen atoms in total. The van der Waals surface area contributed by atoms with Crippen LogP contribution in [0.4, 0.5) is 0 Å². The summed E-state index contributed by atoms with van der Waals surface area (Å²) in [5, 5.41) is 0. The normalized spacial score (nSPS) is 10.8.